The summed E-state index contributed by atoms with van der Waals surface area (Å²) in [5.74, 6) is 1.06. The molecule has 2 aromatic heterocycles. The molecule has 0 bridgehead atoms. The molecule has 1 unspecified atom stereocenters. The lowest BCUT2D eigenvalue weighted by Crippen LogP contribution is -2.26. The maximum Gasteiger partial charge on any atom is 0.130 e. The van der Waals surface area contributed by atoms with Gasteiger partial charge >= 0.3 is 0 Å². The number of imidazole rings is 1. The quantitative estimate of drug-likeness (QED) is 0.877. The Labute approximate surface area is 108 Å². The minimum Gasteiger partial charge on any atom is -0.334 e. The Morgan fingerprint density at radius 1 is 1.33 bits per heavy atom. The Hall–Kier alpha value is -1.68. The molecule has 4 heteroatoms. The van der Waals surface area contributed by atoms with Crippen LogP contribution in [-0.2, 0) is 6.54 Å². The second-order valence-corrected chi connectivity index (χ2v) is 4.29. The average Bonchev–Trinajstić information content (AvgIpc) is 2.85. The molecule has 0 aromatic carbocycles. The van der Waals surface area contributed by atoms with Gasteiger partial charge in [0.2, 0.25) is 0 Å². The van der Waals surface area contributed by atoms with Gasteiger partial charge in [0, 0.05) is 31.3 Å². The summed E-state index contributed by atoms with van der Waals surface area (Å²) < 4.78 is 2.17. The molecular formula is C14H20N4. The largest absolute Gasteiger partial charge is 0.334 e. The van der Waals surface area contributed by atoms with Crippen LogP contribution in [0.25, 0.3) is 0 Å². The summed E-state index contributed by atoms with van der Waals surface area (Å²) in [6, 6.07) is 2.20. The first-order chi connectivity index (χ1) is 8.77. The van der Waals surface area contributed by atoms with Crippen molar-refractivity contribution in [1.82, 2.24) is 19.9 Å². The predicted molar refractivity (Wildman–Crippen MR) is 72.4 cm³/mol. The van der Waals surface area contributed by atoms with Crippen LogP contribution in [0, 0.1) is 6.92 Å². The van der Waals surface area contributed by atoms with E-state index < -0.39 is 0 Å². The smallest absolute Gasteiger partial charge is 0.130 e. The van der Waals surface area contributed by atoms with Crippen LogP contribution in [0.15, 0.2) is 30.9 Å². The van der Waals surface area contributed by atoms with Crippen molar-refractivity contribution in [2.75, 3.05) is 6.54 Å². The molecule has 0 amide bonds. The third-order valence-electron chi connectivity index (χ3n) is 3.13. The summed E-state index contributed by atoms with van der Waals surface area (Å²) >= 11 is 0. The van der Waals surface area contributed by atoms with Crippen molar-refractivity contribution < 1.29 is 0 Å². The zero-order valence-corrected chi connectivity index (χ0v) is 11.2. The molecule has 0 aliphatic carbocycles. The van der Waals surface area contributed by atoms with Crippen LogP contribution in [0.5, 0.6) is 0 Å². The highest BCUT2D eigenvalue weighted by atomic mass is 15.1. The molecule has 0 aliphatic rings. The molecule has 1 N–H and O–H groups in total. The number of hydrogen-bond acceptors (Lipinski definition) is 3. The minimum absolute atomic E-state index is 0.132. The Morgan fingerprint density at radius 2 is 2.17 bits per heavy atom. The molecule has 96 valence electrons. The van der Waals surface area contributed by atoms with Crippen LogP contribution < -0.4 is 5.32 Å². The van der Waals surface area contributed by atoms with Gasteiger partial charge in [0.25, 0.3) is 0 Å². The molecule has 0 radical (unpaired) electrons. The summed E-state index contributed by atoms with van der Waals surface area (Å²) in [6.07, 6.45) is 7.63. The number of aromatic nitrogens is 3. The third kappa shape index (κ3) is 2.43. The van der Waals surface area contributed by atoms with Crippen molar-refractivity contribution in [3.05, 3.63) is 47.8 Å². The first-order valence-electron chi connectivity index (χ1n) is 6.42. The number of pyridine rings is 1. The average molecular weight is 244 g/mol. The van der Waals surface area contributed by atoms with Crippen LogP contribution in [0.4, 0.5) is 0 Å². The van der Waals surface area contributed by atoms with Gasteiger partial charge in [-0.3, -0.25) is 4.98 Å². The predicted octanol–water partition coefficient (Wildman–Crippen LogP) is 2.31. The molecular weight excluding hydrogens is 224 g/mol. The standard InChI is InChI=1S/C14H20N4/c1-4-16-13(12-6-7-15-10-11(12)3)14-17-8-9-18(14)5-2/h6-10,13,16H,4-5H2,1-3H3. The number of nitrogens with one attached hydrogen (secondary N) is 1. The third-order valence-corrected chi connectivity index (χ3v) is 3.13. The zero-order valence-electron chi connectivity index (χ0n) is 11.2. The molecule has 18 heavy (non-hydrogen) atoms. The fourth-order valence-corrected chi connectivity index (χ4v) is 2.20. The summed E-state index contributed by atoms with van der Waals surface area (Å²) in [4.78, 5) is 8.66. The van der Waals surface area contributed by atoms with E-state index in [4.69, 9.17) is 0 Å². The van der Waals surface area contributed by atoms with E-state index in [0.29, 0.717) is 0 Å². The van der Waals surface area contributed by atoms with Gasteiger partial charge in [-0.2, -0.15) is 0 Å². The van der Waals surface area contributed by atoms with E-state index >= 15 is 0 Å². The maximum absolute atomic E-state index is 4.50. The van der Waals surface area contributed by atoms with Gasteiger partial charge in [-0.05, 0) is 37.6 Å². The second kappa shape index (κ2) is 5.78. The van der Waals surface area contributed by atoms with Crippen molar-refractivity contribution in [1.29, 1.82) is 0 Å². The highest BCUT2D eigenvalue weighted by molar-refractivity contribution is 5.30. The maximum atomic E-state index is 4.50. The summed E-state index contributed by atoms with van der Waals surface area (Å²) in [5.41, 5.74) is 2.43. The van der Waals surface area contributed by atoms with Crippen molar-refractivity contribution in [3.8, 4) is 0 Å². The second-order valence-electron chi connectivity index (χ2n) is 4.29. The molecule has 2 rings (SSSR count). The van der Waals surface area contributed by atoms with Gasteiger partial charge in [-0.15, -0.1) is 0 Å². The molecule has 1 atom stereocenters. The van der Waals surface area contributed by atoms with E-state index in [0.717, 1.165) is 18.9 Å². The van der Waals surface area contributed by atoms with Gasteiger partial charge in [0.1, 0.15) is 5.82 Å². The lowest BCUT2D eigenvalue weighted by molar-refractivity contribution is 0.556. The first-order valence-corrected chi connectivity index (χ1v) is 6.42. The molecule has 2 aromatic rings. The Kier molecular flexibility index (Phi) is 4.10. The Balaban J connectivity index is 2.43. The highest BCUT2D eigenvalue weighted by Gasteiger charge is 2.19. The van der Waals surface area contributed by atoms with Gasteiger partial charge in [-0.25, -0.2) is 4.98 Å². The number of rotatable bonds is 5. The van der Waals surface area contributed by atoms with Crippen molar-refractivity contribution in [3.63, 3.8) is 0 Å². The number of hydrogen-bond donors (Lipinski definition) is 1. The lowest BCUT2D eigenvalue weighted by atomic mass is 10.0. The van der Waals surface area contributed by atoms with Gasteiger partial charge in [-0.1, -0.05) is 6.92 Å². The minimum atomic E-state index is 0.132. The zero-order chi connectivity index (χ0) is 13.0. The topological polar surface area (TPSA) is 42.7 Å². The van der Waals surface area contributed by atoms with Gasteiger partial charge in [0.15, 0.2) is 0 Å². The van der Waals surface area contributed by atoms with E-state index in [1.807, 2.05) is 24.8 Å². The SMILES string of the molecule is CCNC(c1ccncc1C)c1nccn1CC. The van der Waals surface area contributed by atoms with E-state index in [1.54, 1.807) is 0 Å². The van der Waals surface area contributed by atoms with E-state index in [2.05, 4.69) is 46.7 Å². The lowest BCUT2D eigenvalue weighted by Gasteiger charge is -2.20. The normalized spacial score (nSPS) is 12.6. The number of aryl methyl sites for hydroxylation is 2. The van der Waals surface area contributed by atoms with Crippen molar-refractivity contribution in [2.45, 2.75) is 33.4 Å². The molecule has 0 spiro atoms. The molecule has 0 saturated heterocycles. The van der Waals surface area contributed by atoms with E-state index in [1.165, 1.54) is 11.1 Å². The summed E-state index contributed by atoms with van der Waals surface area (Å²) in [6.45, 7) is 8.17. The molecule has 0 fully saturated rings. The van der Waals surface area contributed by atoms with E-state index in [-0.39, 0.29) is 6.04 Å². The van der Waals surface area contributed by atoms with Crippen LogP contribution >= 0.6 is 0 Å². The fourth-order valence-electron chi connectivity index (χ4n) is 2.20. The fraction of sp³-hybridized carbons (Fsp3) is 0.429. The van der Waals surface area contributed by atoms with E-state index in [9.17, 15) is 0 Å². The van der Waals surface area contributed by atoms with Crippen LogP contribution in [0.2, 0.25) is 0 Å². The molecule has 0 saturated carbocycles. The van der Waals surface area contributed by atoms with Crippen molar-refractivity contribution >= 4 is 0 Å². The molecule has 2 heterocycles. The van der Waals surface area contributed by atoms with Crippen LogP contribution in [-0.4, -0.2) is 21.1 Å². The highest BCUT2D eigenvalue weighted by Crippen LogP contribution is 2.23. The summed E-state index contributed by atoms with van der Waals surface area (Å²) in [7, 11) is 0. The Morgan fingerprint density at radius 3 is 2.83 bits per heavy atom. The monoisotopic (exact) mass is 244 g/mol. The van der Waals surface area contributed by atoms with Crippen molar-refractivity contribution in [2.24, 2.45) is 0 Å². The molecule has 4 nitrogen and oxygen atoms in total. The first kappa shape index (κ1) is 12.8. The van der Waals surface area contributed by atoms with Gasteiger partial charge < -0.3 is 9.88 Å². The van der Waals surface area contributed by atoms with Crippen LogP contribution in [0.3, 0.4) is 0 Å². The Bertz CT molecular complexity index is 504. The van der Waals surface area contributed by atoms with Crippen LogP contribution in [0.1, 0.15) is 36.8 Å². The van der Waals surface area contributed by atoms with Gasteiger partial charge in [0.05, 0.1) is 6.04 Å². The number of nitrogens with zero attached hydrogens (tertiary/aromatic N) is 3. The summed E-state index contributed by atoms with van der Waals surface area (Å²) in [5, 5.41) is 3.51. The molecule has 0 aliphatic heterocycles.